The van der Waals surface area contributed by atoms with E-state index in [1.165, 1.54) is 6.07 Å². The molecule has 0 bridgehead atoms. The van der Waals surface area contributed by atoms with Crippen molar-refractivity contribution in [3.05, 3.63) is 71.7 Å². The summed E-state index contributed by atoms with van der Waals surface area (Å²) in [7, 11) is 1.64. The van der Waals surface area contributed by atoms with E-state index in [1.54, 1.807) is 31.4 Å². The predicted molar refractivity (Wildman–Crippen MR) is 96.8 cm³/mol. The first-order valence-corrected chi connectivity index (χ1v) is 7.88. The molecule has 0 saturated carbocycles. The van der Waals surface area contributed by atoms with Crippen molar-refractivity contribution < 1.29 is 9.13 Å². The molecule has 3 aromatic rings. The quantitative estimate of drug-likeness (QED) is 0.702. The number of benzene rings is 2. The van der Waals surface area contributed by atoms with Crippen molar-refractivity contribution in [3.63, 3.8) is 0 Å². The summed E-state index contributed by atoms with van der Waals surface area (Å²) in [6.07, 6.45) is 0. The normalized spacial score (nSPS) is 10.4. The van der Waals surface area contributed by atoms with Crippen LogP contribution in [0.2, 0.25) is 0 Å². The zero-order chi connectivity index (χ0) is 17.6. The number of rotatable bonds is 6. The lowest BCUT2D eigenvalue weighted by Crippen LogP contribution is -2.07. The molecule has 0 saturated heterocycles. The Morgan fingerprint density at radius 2 is 1.80 bits per heavy atom. The standard InChI is InChI=1S/C19H19FN4O/c1-13-11-18(23-16-9-5-4-8-15(16)20)24-19(22-13)21-12-14-7-3-6-10-17(14)25-2/h3-11H,12H2,1-2H3,(H2,21,22,23,24). The fourth-order valence-corrected chi connectivity index (χ4v) is 2.44. The van der Waals surface area contributed by atoms with Crippen LogP contribution in [-0.4, -0.2) is 17.1 Å². The third-order valence-electron chi connectivity index (χ3n) is 3.62. The van der Waals surface area contributed by atoms with Gasteiger partial charge in [0.15, 0.2) is 0 Å². The van der Waals surface area contributed by atoms with Crippen LogP contribution in [-0.2, 0) is 6.54 Å². The molecule has 0 spiro atoms. The smallest absolute Gasteiger partial charge is 0.225 e. The highest BCUT2D eigenvalue weighted by Gasteiger charge is 2.07. The first-order valence-electron chi connectivity index (χ1n) is 7.88. The fourth-order valence-electron chi connectivity index (χ4n) is 2.44. The maximum absolute atomic E-state index is 13.8. The van der Waals surface area contributed by atoms with Crippen LogP contribution in [0.1, 0.15) is 11.3 Å². The molecule has 25 heavy (non-hydrogen) atoms. The summed E-state index contributed by atoms with van der Waals surface area (Å²) < 4.78 is 19.1. The van der Waals surface area contributed by atoms with Crippen LogP contribution in [0.25, 0.3) is 0 Å². The number of halogens is 1. The Morgan fingerprint density at radius 3 is 2.60 bits per heavy atom. The van der Waals surface area contributed by atoms with Crippen LogP contribution in [0.5, 0.6) is 5.75 Å². The summed E-state index contributed by atoms with van der Waals surface area (Å²) in [5, 5.41) is 6.16. The molecule has 2 N–H and O–H groups in total. The molecule has 0 aliphatic heterocycles. The molecular formula is C19H19FN4O. The predicted octanol–water partition coefficient (Wildman–Crippen LogP) is 4.29. The molecule has 6 heteroatoms. The van der Waals surface area contributed by atoms with Crippen LogP contribution >= 0.6 is 0 Å². The highest BCUT2D eigenvalue weighted by molar-refractivity contribution is 5.58. The molecule has 5 nitrogen and oxygen atoms in total. The van der Waals surface area contributed by atoms with Crippen molar-refractivity contribution in [2.24, 2.45) is 0 Å². The van der Waals surface area contributed by atoms with Gasteiger partial charge in [-0.15, -0.1) is 0 Å². The average molecular weight is 338 g/mol. The SMILES string of the molecule is COc1ccccc1CNc1nc(C)cc(Nc2ccccc2F)n1. The number of aromatic nitrogens is 2. The van der Waals surface area contributed by atoms with E-state index < -0.39 is 0 Å². The molecule has 1 aromatic heterocycles. The Bertz CT molecular complexity index is 870. The minimum absolute atomic E-state index is 0.331. The summed E-state index contributed by atoms with van der Waals surface area (Å²) in [6, 6.07) is 16.0. The van der Waals surface area contributed by atoms with Gasteiger partial charge < -0.3 is 15.4 Å². The van der Waals surface area contributed by atoms with Gasteiger partial charge in [-0.2, -0.15) is 4.98 Å². The van der Waals surface area contributed by atoms with E-state index in [0.717, 1.165) is 17.0 Å². The molecule has 1 heterocycles. The lowest BCUT2D eigenvalue weighted by atomic mass is 10.2. The number of ether oxygens (including phenoxy) is 1. The number of para-hydroxylation sites is 2. The number of aryl methyl sites for hydroxylation is 1. The van der Waals surface area contributed by atoms with Gasteiger partial charge in [0.1, 0.15) is 17.4 Å². The fraction of sp³-hybridized carbons (Fsp3) is 0.158. The number of nitrogens with zero attached hydrogens (tertiary/aromatic N) is 2. The topological polar surface area (TPSA) is 59.1 Å². The van der Waals surface area contributed by atoms with Gasteiger partial charge in [0.2, 0.25) is 5.95 Å². The lowest BCUT2D eigenvalue weighted by Gasteiger charge is -2.12. The first-order chi connectivity index (χ1) is 12.2. The van der Waals surface area contributed by atoms with Gasteiger partial charge in [0.05, 0.1) is 12.8 Å². The summed E-state index contributed by atoms with van der Waals surface area (Å²) in [4.78, 5) is 8.77. The Labute approximate surface area is 145 Å². The van der Waals surface area contributed by atoms with Gasteiger partial charge in [-0.1, -0.05) is 30.3 Å². The third-order valence-corrected chi connectivity index (χ3v) is 3.62. The Hall–Kier alpha value is -3.15. The van der Waals surface area contributed by atoms with E-state index in [9.17, 15) is 4.39 Å². The van der Waals surface area contributed by atoms with Crippen molar-refractivity contribution in [2.75, 3.05) is 17.7 Å². The number of nitrogens with one attached hydrogen (secondary N) is 2. The van der Waals surface area contributed by atoms with Crippen LogP contribution in [0.3, 0.4) is 0 Å². The molecule has 0 radical (unpaired) electrons. The van der Waals surface area contributed by atoms with Crippen molar-refractivity contribution in [1.82, 2.24) is 9.97 Å². The zero-order valence-electron chi connectivity index (χ0n) is 14.1. The van der Waals surface area contributed by atoms with Crippen LogP contribution in [0.15, 0.2) is 54.6 Å². The minimum Gasteiger partial charge on any atom is -0.496 e. The number of hydrogen-bond acceptors (Lipinski definition) is 5. The summed E-state index contributed by atoms with van der Waals surface area (Å²) in [5.74, 6) is 1.46. The number of hydrogen-bond donors (Lipinski definition) is 2. The van der Waals surface area contributed by atoms with Gasteiger partial charge in [-0.05, 0) is 25.1 Å². The third kappa shape index (κ3) is 4.23. The Kier molecular flexibility index (Phi) is 5.09. The van der Waals surface area contributed by atoms with E-state index in [4.69, 9.17) is 4.74 Å². The van der Waals surface area contributed by atoms with Gasteiger partial charge in [0, 0.05) is 23.9 Å². The van der Waals surface area contributed by atoms with E-state index in [0.29, 0.717) is 24.0 Å². The first kappa shape index (κ1) is 16.7. The van der Waals surface area contributed by atoms with Crippen molar-refractivity contribution in [2.45, 2.75) is 13.5 Å². The molecule has 0 atom stereocenters. The van der Waals surface area contributed by atoms with Crippen LogP contribution < -0.4 is 15.4 Å². The van der Waals surface area contributed by atoms with Gasteiger partial charge in [0.25, 0.3) is 0 Å². The monoisotopic (exact) mass is 338 g/mol. The van der Waals surface area contributed by atoms with Crippen LogP contribution in [0.4, 0.5) is 21.8 Å². The van der Waals surface area contributed by atoms with Gasteiger partial charge >= 0.3 is 0 Å². The summed E-state index contributed by atoms with van der Waals surface area (Å²) >= 11 is 0. The summed E-state index contributed by atoms with van der Waals surface area (Å²) in [6.45, 7) is 2.38. The Morgan fingerprint density at radius 1 is 1.04 bits per heavy atom. The minimum atomic E-state index is -0.331. The molecule has 0 unspecified atom stereocenters. The van der Waals surface area contributed by atoms with Gasteiger partial charge in [-0.3, -0.25) is 0 Å². The average Bonchev–Trinajstić information content (AvgIpc) is 2.62. The van der Waals surface area contributed by atoms with Crippen molar-refractivity contribution in [3.8, 4) is 5.75 Å². The Balaban J connectivity index is 1.76. The maximum Gasteiger partial charge on any atom is 0.225 e. The summed E-state index contributed by atoms with van der Waals surface area (Å²) in [5.41, 5.74) is 2.14. The zero-order valence-corrected chi connectivity index (χ0v) is 14.1. The molecular weight excluding hydrogens is 319 g/mol. The maximum atomic E-state index is 13.8. The van der Waals surface area contributed by atoms with E-state index >= 15 is 0 Å². The second kappa shape index (κ2) is 7.61. The molecule has 0 aliphatic rings. The molecule has 0 amide bonds. The molecule has 0 fully saturated rings. The van der Waals surface area contributed by atoms with E-state index in [-0.39, 0.29) is 5.82 Å². The molecule has 128 valence electrons. The number of methoxy groups -OCH3 is 1. The highest BCUT2D eigenvalue weighted by Crippen LogP contribution is 2.21. The second-order valence-corrected chi connectivity index (χ2v) is 5.49. The van der Waals surface area contributed by atoms with Gasteiger partial charge in [-0.25, -0.2) is 9.37 Å². The van der Waals surface area contributed by atoms with Crippen molar-refractivity contribution >= 4 is 17.5 Å². The van der Waals surface area contributed by atoms with Crippen molar-refractivity contribution in [1.29, 1.82) is 0 Å². The molecule has 2 aromatic carbocycles. The highest BCUT2D eigenvalue weighted by atomic mass is 19.1. The largest absolute Gasteiger partial charge is 0.496 e. The van der Waals surface area contributed by atoms with Crippen LogP contribution in [0, 0.1) is 12.7 Å². The van der Waals surface area contributed by atoms with E-state index in [2.05, 4.69) is 20.6 Å². The molecule has 0 aliphatic carbocycles. The molecule has 3 rings (SSSR count). The van der Waals surface area contributed by atoms with E-state index in [1.807, 2.05) is 31.2 Å². The lowest BCUT2D eigenvalue weighted by molar-refractivity contribution is 0.410. The number of anilines is 3. The second-order valence-electron chi connectivity index (χ2n) is 5.49.